The number of fused-ring (bicyclic) bond motifs is 1. The molecule has 36 heavy (non-hydrogen) atoms. The molecule has 1 aliphatic heterocycles. The molecule has 4 rings (SSSR count). The van der Waals surface area contributed by atoms with E-state index in [2.05, 4.69) is 0 Å². The van der Waals surface area contributed by atoms with Crippen molar-refractivity contribution in [3.63, 3.8) is 0 Å². The van der Waals surface area contributed by atoms with Crippen molar-refractivity contribution in [2.24, 2.45) is 5.41 Å². The molecule has 0 spiro atoms. The Morgan fingerprint density at radius 2 is 2.03 bits per heavy atom. The number of nitrogens with zero attached hydrogens (tertiary/aromatic N) is 3. The van der Waals surface area contributed by atoms with Crippen LogP contribution < -0.4 is 10.3 Å². The monoisotopic (exact) mass is 517 g/mol. The Balaban J connectivity index is 2.04. The van der Waals surface area contributed by atoms with Crippen LogP contribution in [0.15, 0.2) is 35.3 Å². The van der Waals surface area contributed by atoms with Crippen molar-refractivity contribution in [1.29, 1.82) is 0 Å². The molecule has 3 aromatic rings. The number of carboxylic acid groups (broad SMARTS) is 1. The van der Waals surface area contributed by atoms with Crippen LogP contribution in [0.1, 0.15) is 54.7 Å². The zero-order valence-electron chi connectivity index (χ0n) is 20.3. The molecular formula is C26H29ClFN3O5. The van der Waals surface area contributed by atoms with E-state index in [1.807, 2.05) is 25.7 Å². The highest BCUT2D eigenvalue weighted by Crippen LogP contribution is 2.34. The van der Waals surface area contributed by atoms with Gasteiger partial charge in [0, 0.05) is 31.3 Å². The number of aromatic nitrogens is 2. The van der Waals surface area contributed by atoms with E-state index in [9.17, 15) is 29.3 Å². The van der Waals surface area contributed by atoms with Crippen molar-refractivity contribution >= 4 is 34.4 Å². The largest absolute Gasteiger partial charge is 0.477 e. The number of carbonyl (C=O) groups is 1. The number of anilines is 1. The lowest BCUT2D eigenvalue weighted by Gasteiger charge is -2.33. The molecule has 0 saturated carbocycles. The Morgan fingerprint density at radius 3 is 2.61 bits per heavy atom. The molecule has 0 bridgehead atoms. The number of carboxylic acids is 1. The van der Waals surface area contributed by atoms with E-state index < -0.39 is 40.3 Å². The lowest BCUT2D eigenvalue weighted by molar-refractivity contribution is 0.0692. The summed E-state index contributed by atoms with van der Waals surface area (Å²) < 4.78 is 16.3. The molecule has 8 nitrogen and oxygen atoms in total. The molecule has 0 aliphatic carbocycles. The van der Waals surface area contributed by atoms with Crippen molar-refractivity contribution in [2.75, 3.05) is 24.6 Å². The number of hydrogen-bond donors (Lipinski definition) is 3. The zero-order valence-corrected chi connectivity index (χ0v) is 21.1. The smallest absolute Gasteiger partial charge is 0.341 e. The Kier molecular flexibility index (Phi) is 7.10. The molecule has 0 amide bonds. The summed E-state index contributed by atoms with van der Waals surface area (Å²) in [5, 5.41) is 30.1. The summed E-state index contributed by atoms with van der Waals surface area (Å²) in [6.07, 6.45) is 1.24. The SMILES string of the molecule is CC(C)(C)[C@@H](CO)n1cc(C(=O)O)c(=O)c2cc(Cc3cccc(Cl)c3F)c(N3CC[C@@H](O)C3)nc21. The molecule has 2 atom stereocenters. The molecule has 1 aliphatic rings. The summed E-state index contributed by atoms with van der Waals surface area (Å²) in [6, 6.07) is 5.61. The van der Waals surface area contributed by atoms with Crippen molar-refractivity contribution in [3.8, 4) is 0 Å². The first-order chi connectivity index (χ1) is 16.9. The molecule has 1 saturated heterocycles. The predicted molar refractivity (Wildman–Crippen MR) is 136 cm³/mol. The van der Waals surface area contributed by atoms with E-state index in [0.29, 0.717) is 36.5 Å². The average Bonchev–Trinajstić information content (AvgIpc) is 3.23. The number of benzene rings is 1. The summed E-state index contributed by atoms with van der Waals surface area (Å²) >= 11 is 5.98. The van der Waals surface area contributed by atoms with Gasteiger partial charge in [0.2, 0.25) is 5.43 Å². The van der Waals surface area contributed by atoms with Gasteiger partial charge in [0.25, 0.3) is 0 Å². The maximum Gasteiger partial charge on any atom is 0.341 e. The first-order valence-electron chi connectivity index (χ1n) is 11.7. The molecule has 0 radical (unpaired) electrons. The first-order valence-corrected chi connectivity index (χ1v) is 12.1. The van der Waals surface area contributed by atoms with Gasteiger partial charge in [-0.15, -0.1) is 0 Å². The topological polar surface area (TPSA) is 116 Å². The number of β-amino-alcohol motifs (C(OH)–C–C–N with tert-alkyl or cyclic N) is 1. The van der Waals surface area contributed by atoms with Gasteiger partial charge in [-0.1, -0.05) is 44.5 Å². The van der Waals surface area contributed by atoms with E-state index in [-0.39, 0.29) is 29.1 Å². The maximum absolute atomic E-state index is 14.8. The van der Waals surface area contributed by atoms with E-state index >= 15 is 0 Å². The molecule has 192 valence electrons. The van der Waals surface area contributed by atoms with Gasteiger partial charge in [0.05, 0.1) is 29.2 Å². The second-order valence-corrected chi connectivity index (χ2v) is 10.7. The highest BCUT2D eigenvalue weighted by atomic mass is 35.5. The summed E-state index contributed by atoms with van der Waals surface area (Å²) in [7, 11) is 0. The standard InChI is InChI=1S/C26H29ClFN3O5/c1-26(2,3)20(13-32)31-12-18(25(35)36)22(34)17-10-15(9-14-5-4-6-19(27)21(14)28)23(29-24(17)31)30-8-7-16(33)11-30/h4-6,10,12,16,20,32-33H,7-9,11,13H2,1-3H3,(H,35,36)/t16-,20-/m1/s1. The van der Waals surface area contributed by atoms with Crippen molar-refractivity contribution in [1.82, 2.24) is 9.55 Å². The normalized spacial score (nSPS) is 17.1. The summed E-state index contributed by atoms with van der Waals surface area (Å²) in [5.74, 6) is -1.52. The molecule has 2 aromatic heterocycles. The average molecular weight is 518 g/mol. The zero-order chi connectivity index (χ0) is 26.4. The van der Waals surface area contributed by atoms with Gasteiger partial charge in [-0.2, -0.15) is 0 Å². The minimum atomic E-state index is -1.39. The van der Waals surface area contributed by atoms with E-state index in [1.54, 1.807) is 22.8 Å². The van der Waals surface area contributed by atoms with Crippen molar-refractivity contribution < 1.29 is 24.5 Å². The quantitative estimate of drug-likeness (QED) is 0.457. The highest BCUT2D eigenvalue weighted by Gasteiger charge is 2.31. The number of aliphatic hydroxyl groups is 2. The van der Waals surface area contributed by atoms with Crippen molar-refractivity contribution in [3.05, 3.63) is 68.2 Å². The predicted octanol–water partition coefficient (Wildman–Crippen LogP) is 3.63. The first kappa shape index (κ1) is 26.1. The van der Waals surface area contributed by atoms with Crippen LogP contribution in [-0.2, 0) is 6.42 Å². The number of hydrogen-bond acceptors (Lipinski definition) is 6. The molecular weight excluding hydrogens is 489 g/mol. The van der Waals surface area contributed by atoms with Gasteiger partial charge in [0.1, 0.15) is 22.8 Å². The third-order valence-corrected chi connectivity index (χ3v) is 6.97. The van der Waals surface area contributed by atoms with Gasteiger partial charge in [0.15, 0.2) is 0 Å². The number of halogens is 2. The van der Waals surface area contributed by atoms with Crippen LogP contribution in [-0.4, -0.2) is 56.6 Å². The van der Waals surface area contributed by atoms with Gasteiger partial charge < -0.3 is 24.8 Å². The summed E-state index contributed by atoms with van der Waals surface area (Å²) in [6.45, 7) is 6.19. The van der Waals surface area contributed by atoms with Crippen LogP contribution >= 0.6 is 11.6 Å². The highest BCUT2D eigenvalue weighted by molar-refractivity contribution is 6.30. The third kappa shape index (κ3) is 4.83. The Morgan fingerprint density at radius 1 is 1.31 bits per heavy atom. The minimum absolute atomic E-state index is 0.0362. The number of pyridine rings is 2. The lowest BCUT2D eigenvalue weighted by Crippen LogP contribution is -2.31. The maximum atomic E-state index is 14.8. The molecule has 1 fully saturated rings. The van der Waals surface area contributed by atoms with E-state index in [0.717, 1.165) is 0 Å². The Labute approximate surface area is 212 Å². The molecule has 1 aromatic carbocycles. The lowest BCUT2D eigenvalue weighted by atomic mass is 9.86. The van der Waals surface area contributed by atoms with Gasteiger partial charge >= 0.3 is 5.97 Å². The Hall–Kier alpha value is -3.01. The molecule has 0 unspecified atom stereocenters. The van der Waals surface area contributed by atoms with E-state index in [4.69, 9.17) is 16.6 Å². The van der Waals surface area contributed by atoms with Crippen LogP contribution in [0.4, 0.5) is 10.2 Å². The fourth-order valence-electron chi connectivity index (χ4n) is 4.70. The van der Waals surface area contributed by atoms with E-state index in [1.165, 1.54) is 12.3 Å². The van der Waals surface area contributed by atoms with Crippen LogP contribution in [0.2, 0.25) is 5.02 Å². The second kappa shape index (κ2) is 9.80. The fraction of sp³-hybridized carbons (Fsp3) is 0.423. The van der Waals surface area contributed by atoms with Crippen molar-refractivity contribution in [2.45, 2.75) is 45.8 Å². The summed E-state index contributed by atoms with van der Waals surface area (Å²) in [5.41, 5.74) is -0.655. The van der Waals surface area contributed by atoms with Gasteiger partial charge in [-0.05, 0) is 29.5 Å². The molecule has 3 N–H and O–H groups in total. The van der Waals surface area contributed by atoms with Crippen LogP contribution in [0.5, 0.6) is 0 Å². The van der Waals surface area contributed by atoms with Crippen LogP contribution in [0.25, 0.3) is 11.0 Å². The second-order valence-electron chi connectivity index (χ2n) is 10.3. The van der Waals surface area contributed by atoms with Gasteiger partial charge in [-0.25, -0.2) is 14.2 Å². The number of aliphatic hydroxyl groups excluding tert-OH is 2. The molecule has 3 heterocycles. The summed E-state index contributed by atoms with van der Waals surface area (Å²) in [4.78, 5) is 31.9. The number of aromatic carboxylic acids is 1. The fourth-order valence-corrected chi connectivity index (χ4v) is 4.89. The third-order valence-electron chi connectivity index (χ3n) is 6.67. The van der Waals surface area contributed by atoms with Gasteiger partial charge in [-0.3, -0.25) is 4.79 Å². The number of rotatable bonds is 6. The molecule has 10 heteroatoms. The minimum Gasteiger partial charge on any atom is -0.477 e. The Bertz CT molecular complexity index is 1380. The van der Waals surface area contributed by atoms with Crippen LogP contribution in [0, 0.1) is 11.2 Å². The van der Waals surface area contributed by atoms with Crippen LogP contribution in [0.3, 0.4) is 0 Å².